The molecule has 0 spiro atoms. The van der Waals surface area contributed by atoms with Gasteiger partial charge in [0.2, 0.25) is 22.4 Å². The van der Waals surface area contributed by atoms with Crippen molar-refractivity contribution in [2.24, 2.45) is 0 Å². The molecular weight excluding hydrogens is 767 g/mol. The topological polar surface area (TPSA) is 260 Å². The molecule has 0 atom stereocenters. The molecule has 191 valence electrons. The Bertz CT molecular complexity index is 864. The fraction of sp³-hybridized carbons (Fsp3) is 0.100. The van der Waals surface area contributed by atoms with Crippen LogP contribution in [0.3, 0.4) is 0 Å². The van der Waals surface area contributed by atoms with Crippen molar-refractivity contribution in [1.29, 1.82) is 0 Å². The molecule has 17 heteroatoms. The molecular formula is C20H12O14Ru3+9. The van der Waals surface area contributed by atoms with Crippen LogP contribution in [0.15, 0.2) is 43.1 Å². The predicted molar refractivity (Wildman–Crippen MR) is 94.2 cm³/mol. The molecule has 0 aliphatic carbocycles. The molecule has 3 radical (unpaired) electrons. The van der Waals surface area contributed by atoms with E-state index in [0.29, 0.717) is 0 Å². The Morgan fingerprint density at radius 3 is 0.784 bits per heavy atom. The summed E-state index contributed by atoms with van der Waals surface area (Å²) in [5.41, 5.74) is -0.808. The molecule has 0 amide bonds. The average molecular weight is 780 g/mol. The molecule has 37 heavy (non-hydrogen) atoms. The van der Waals surface area contributed by atoms with Crippen molar-refractivity contribution in [2.45, 2.75) is 13.8 Å². The van der Waals surface area contributed by atoms with Gasteiger partial charge in [0.05, 0.1) is 12.5 Å². The van der Waals surface area contributed by atoms with Crippen LogP contribution < -0.4 is 10.9 Å². The summed E-state index contributed by atoms with van der Waals surface area (Å²) in [5, 5.41) is 17.6. The summed E-state index contributed by atoms with van der Waals surface area (Å²) in [4.78, 5) is 21.1. The van der Waals surface area contributed by atoms with Gasteiger partial charge in [-0.05, 0) is 13.8 Å². The van der Waals surface area contributed by atoms with Crippen molar-refractivity contribution in [1.82, 2.24) is 0 Å². The molecule has 2 heterocycles. The number of rotatable bonds is 0. The summed E-state index contributed by atoms with van der Waals surface area (Å²) in [6, 6.07) is 2.34. The molecule has 0 saturated heterocycles. The predicted octanol–water partition coefficient (Wildman–Crippen LogP) is 1.00. The van der Waals surface area contributed by atoms with Crippen molar-refractivity contribution >= 4 is 0 Å². The molecule has 2 aromatic rings. The zero-order valence-electron chi connectivity index (χ0n) is 18.2. The first kappa shape index (κ1) is 70.1. The van der Waals surface area contributed by atoms with Gasteiger partial charge in [-0.3, -0.25) is 9.59 Å². The third-order valence-corrected chi connectivity index (χ3v) is 2.06. The first-order valence-electron chi connectivity index (χ1n) is 6.61. The van der Waals surface area contributed by atoms with E-state index in [1.165, 1.54) is 38.5 Å². The minimum atomic E-state index is -0.404. The van der Waals surface area contributed by atoms with E-state index in [2.05, 4.69) is 62.0 Å². The largest absolute Gasteiger partial charge is 3.00 e. The quantitative estimate of drug-likeness (QED) is 0.224. The summed E-state index contributed by atoms with van der Waals surface area (Å²) in [7, 11) is 0. The number of hydrogen-bond acceptors (Lipinski definition) is 6. The fourth-order valence-corrected chi connectivity index (χ4v) is 1.01. The Labute approximate surface area is 248 Å². The van der Waals surface area contributed by atoms with E-state index in [-0.39, 0.29) is 81.5 Å². The smallest absolute Gasteiger partial charge is 3.00 e. The first-order valence-corrected chi connectivity index (χ1v) is 6.61. The van der Waals surface area contributed by atoms with Crippen LogP contribution in [-0.4, -0.2) is 10.2 Å². The molecule has 2 aromatic heterocycles. The number of hydrogen-bond donors (Lipinski definition) is 2. The molecule has 0 saturated carbocycles. The monoisotopic (exact) mass is 782 g/mol. The number of aryl methyl sites for hydroxylation is 2. The summed E-state index contributed by atoms with van der Waals surface area (Å²) in [6.07, 6.45) is 2.49. The molecule has 2 N–H and O–H groups in total. The van der Waals surface area contributed by atoms with Crippen LogP contribution in [0.1, 0.15) is 11.5 Å². The molecule has 14 nitrogen and oxygen atoms in total. The number of aromatic hydroxyl groups is 2. The van der Waals surface area contributed by atoms with Gasteiger partial charge in [0, 0.05) is 12.1 Å². The van der Waals surface area contributed by atoms with Gasteiger partial charge in [0.15, 0.2) is 0 Å². The maximum Gasteiger partial charge on any atom is 3.00 e. The molecule has 0 fully saturated rings. The molecule has 0 aromatic carbocycles. The minimum Gasteiger partial charge on any atom is 3.00 e. The van der Waals surface area contributed by atoms with Crippen molar-refractivity contribution in [2.75, 3.05) is 0 Å². The van der Waals surface area contributed by atoms with E-state index in [0.717, 1.165) is 0 Å². The second-order valence-corrected chi connectivity index (χ2v) is 3.38. The Hall–Kier alpha value is -2.71. The SMILES string of the molecule is Cc1occc(=O)c1O.Cc1occc(=O)c1O.[C-]#[O+].[C-]#[O+].[C-]#[O+].[C-]#[O+].[C-]#[O+].[C-]#[O+].[C-]#[O+].[C-]#[O+].[Ru+3].[Ru+3].[Ru+3]. The van der Waals surface area contributed by atoms with Crippen LogP contribution in [0.2, 0.25) is 0 Å². The molecule has 0 aliphatic rings. The summed E-state index contributed by atoms with van der Waals surface area (Å²) in [5.74, 6) is -0.111. The van der Waals surface area contributed by atoms with Gasteiger partial charge in [-0.2, -0.15) is 0 Å². The van der Waals surface area contributed by atoms with Crippen LogP contribution in [0.25, 0.3) is 0 Å². The third-order valence-electron chi connectivity index (χ3n) is 2.06. The second-order valence-electron chi connectivity index (χ2n) is 3.38. The van der Waals surface area contributed by atoms with Crippen molar-refractivity contribution < 1.29 is 115 Å². The second kappa shape index (κ2) is 76.6. The molecule has 0 aliphatic heterocycles. The summed E-state index contributed by atoms with van der Waals surface area (Å²) >= 11 is 0. The summed E-state index contributed by atoms with van der Waals surface area (Å²) < 4.78 is 69.4. The van der Waals surface area contributed by atoms with Gasteiger partial charge in [-0.25, -0.2) is 0 Å². The van der Waals surface area contributed by atoms with E-state index in [4.69, 9.17) is 47.4 Å². The van der Waals surface area contributed by atoms with E-state index < -0.39 is 10.9 Å². The van der Waals surface area contributed by atoms with E-state index in [1.807, 2.05) is 0 Å². The van der Waals surface area contributed by atoms with Gasteiger partial charge in [-0.1, -0.05) is 0 Å². The van der Waals surface area contributed by atoms with Crippen molar-refractivity contribution in [3.05, 3.63) is 110 Å². The van der Waals surface area contributed by atoms with Crippen molar-refractivity contribution in [3.8, 4) is 11.5 Å². The molecule has 0 bridgehead atoms. The standard InChI is InChI=1S/2C6H6O3.8CO.3Ru/c2*1-4-6(8)5(7)2-3-9-4;8*1-2;;;/h2*2-3,8H,1H3;;;;;;;;;;;/q;;;;;;;;;;3*+3. The van der Waals surface area contributed by atoms with Gasteiger partial charge < -0.3 is 19.0 Å². The Morgan fingerprint density at radius 1 is 0.514 bits per heavy atom. The molecule has 2 rings (SSSR count). The maximum absolute atomic E-state index is 10.5. The van der Waals surface area contributed by atoms with Crippen LogP contribution in [0, 0.1) is 67.1 Å². The first-order chi connectivity index (χ1) is 16.4. The van der Waals surface area contributed by atoms with Gasteiger partial charge in [-0.15, -0.1) is 0 Å². The Morgan fingerprint density at radius 2 is 0.676 bits per heavy atom. The van der Waals surface area contributed by atoms with Gasteiger partial charge >= 0.3 is 149 Å². The van der Waals surface area contributed by atoms with E-state index in [9.17, 15) is 9.59 Å². The zero-order valence-corrected chi connectivity index (χ0v) is 23.4. The normalized spacial score (nSPS) is 5.03. The fourth-order valence-electron chi connectivity index (χ4n) is 1.01. The van der Waals surface area contributed by atoms with Crippen LogP contribution in [0.4, 0.5) is 0 Å². The van der Waals surface area contributed by atoms with E-state index in [1.54, 1.807) is 0 Å². The van der Waals surface area contributed by atoms with Crippen molar-refractivity contribution in [3.63, 3.8) is 0 Å². The third kappa shape index (κ3) is 51.0. The van der Waals surface area contributed by atoms with Gasteiger partial charge in [0.25, 0.3) is 0 Å². The van der Waals surface area contributed by atoms with Crippen LogP contribution in [0.5, 0.6) is 11.5 Å². The van der Waals surface area contributed by atoms with Crippen LogP contribution >= 0.6 is 0 Å². The summed E-state index contributed by atoms with van der Waals surface area (Å²) in [6.45, 7) is 39.0. The van der Waals surface area contributed by atoms with E-state index >= 15 is 0 Å². The zero-order chi connectivity index (χ0) is 29.7. The van der Waals surface area contributed by atoms with Gasteiger partial charge in [0.1, 0.15) is 11.5 Å². The Balaban J connectivity index is -0.0000000252. The minimum absolute atomic E-state index is 0. The maximum atomic E-state index is 10.5. The molecule has 0 unspecified atom stereocenters. The Kier molecular flexibility index (Phi) is 145. The average Bonchev–Trinajstić information content (AvgIpc) is 2.95. The van der Waals surface area contributed by atoms with Crippen LogP contribution in [-0.2, 0) is 95.7 Å².